The second-order valence-electron chi connectivity index (χ2n) is 4.69. The van der Waals surface area contributed by atoms with Gasteiger partial charge in [-0.05, 0) is 43.5 Å². The second-order valence-corrected chi connectivity index (χ2v) is 6.55. The molecule has 2 rings (SSSR count). The Morgan fingerprint density at radius 3 is 2.84 bits per heavy atom. The van der Waals surface area contributed by atoms with Crippen molar-refractivity contribution in [3.05, 3.63) is 29.3 Å². The molecule has 0 saturated carbocycles. The summed E-state index contributed by atoms with van der Waals surface area (Å²) >= 11 is 0. The van der Waals surface area contributed by atoms with Gasteiger partial charge in [-0.25, -0.2) is 8.42 Å². The number of sulfonamides is 1. The molecule has 19 heavy (non-hydrogen) atoms. The molecule has 0 spiro atoms. The van der Waals surface area contributed by atoms with E-state index in [1.165, 1.54) is 16.4 Å². The molecule has 1 aliphatic rings. The van der Waals surface area contributed by atoms with Gasteiger partial charge >= 0.3 is 0 Å². The quantitative estimate of drug-likeness (QED) is 0.896. The molecule has 0 aliphatic carbocycles. The zero-order valence-electron chi connectivity index (χ0n) is 10.7. The van der Waals surface area contributed by atoms with Gasteiger partial charge < -0.3 is 5.11 Å². The van der Waals surface area contributed by atoms with Gasteiger partial charge in [-0.3, -0.25) is 0 Å². The smallest absolute Gasteiger partial charge is 0.243 e. The third-order valence-electron chi connectivity index (χ3n) is 3.42. The molecular formula is C13H16N2O3S. The van der Waals surface area contributed by atoms with Crippen LogP contribution in [-0.4, -0.2) is 37.0 Å². The molecule has 1 saturated heterocycles. The van der Waals surface area contributed by atoms with Gasteiger partial charge in [0.2, 0.25) is 10.0 Å². The molecule has 1 aromatic carbocycles. The van der Waals surface area contributed by atoms with Crippen molar-refractivity contribution >= 4 is 10.0 Å². The summed E-state index contributed by atoms with van der Waals surface area (Å²) in [5, 5.41) is 18.1. The number of aliphatic hydroxyl groups excluding tert-OH is 1. The molecule has 0 aromatic heterocycles. The Hall–Kier alpha value is -1.42. The molecule has 0 amide bonds. The Bertz CT molecular complexity index is 619. The van der Waals surface area contributed by atoms with Gasteiger partial charge in [0.15, 0.2) is 0 Å². The maximum atomic E-state index is 12.6. The molecule has 6 heteroatoms. The Kier molecular flexibility index (Phi) is 3.90. The van der Waals surface area contributed by atoms with Gasteiger partial charge in [0, 0.05) is 12.6 Å². The number of aliphatic hydroxyl groups is 1. The van der Waals surface area contributed by atoms with Crippen molar-refractivity contribution in [2.24, 2.45) is 0 Å². The summed E-state index contributed by atoms with van der Waals surface area (Å²) in [5.41, 5.74) is 0.999. The minimum absolute atomic E-state index is 0.158. The molecule has 1 fully saturated rings. The molecule has 0 radical (unpaired) electrons. The highest BCUT2D eigenvalue weighted by atomic mass is 32.2. The molecule has 1 N–H and O–H groups in total. The molecule has 1 aliphatic heterocycles. The first kappa shape index (κ1) is 14.0. The van der Waals surface area contributed by atoms with E-state index in [2.05, 4.69) is 0 Å². The third-order valence-corrected chi connectivity index (χ3v) is 5.54. The van der Waals surface area contributed by atoms with Crippen molar-refractivity contribution < 1.29 is 13.5 Å². The van der Waals surface area contributed by atoms with Crippen molar-refractivity contribution in [1.29, 1.82) is 5.26 Å². The van der Waals surface area contributed by atoms with Crippen LogP contribution in [0.25, 0.3) is 0 Å². The van der Waals surface area contributed by atoms with Gasteiger partial charge in [-0.2, -0.15) is 9.57 Å². The van der Waals surface area contributed by atoms with E-state index in [-0.39, 0.29) is 17.5 Å². The lowest BCUT2D eigenvalue weighted by Gasteiger charge is -2.23. The first-order valence-corrected chi connectivity index (χ1v) is 7.58. The minimum Gasteiger partial charge on any atom is -0.395 e. The van der Waals surface area contributed by atoms with Gasteiger partial charge in [0.25, 0.3) is 0 Å². The molecule has 5 nitrogen and oxygen atoms in total. The predicted molar refractivity (Wildman–Crippen MR) is 69.9 cm³/mol. The molecule has 1 unspecified atom stereocenters. The summed E-state index contributed by atoms with van der Waals surface area (Å²) in [7, 11) is -3.59. The Morgan fingerprint density at radius 2 is 2.26 bits per heavy atom. The van der Waals surface area contributed by atoms with Crippen LogP contribution < -0.4 is 0 Å². The fraction of sp³-hybridized carbons (Fsp3) is 0.462. The van der Waals surface area contributed by atoms with Gasteiger partial charge in [-0.1, -0.05) is 0 Å². The Labute approximate surface area is 113 Å². The summed E-state index contributed by atoms with van der Waals surface area (Å²) < 4.78 is 26.5. The van der Waals surface area contributed by atoms with Crippen LogP contribution in [0.3, 0.4) is 0 Å². The molecule has 102 valence electrons. The van der Waals surface area contributed by atoms with Crippen molar-refractivity contribution in [3.63, 3.8) is 0 Å². The molecule has 0 bridgehead atoms. The lowest BCUT2D eigenvalue weighted by Crippen LogP contribution is -2.37. The van der Waals surface area contributed by atoms with Gasteiger partial charge in [-0.15, -0.1) is 0 Å². The average molecular weight is 280 g/mol. The number of nitriles is 1. The SMILES string of the molecule is Cc1cc(C#N)ccc1S(=O)(=O)N1CCCC1CO. The van der Waals surface area contributed by atoms with Crippen molar-refractivity contribution in [3.8, 4) is 6.07 Å². The number of benzene rings is 1. The lowest BCUT2D eigenvalue weighted by atomic mass is 10.2. The summed E-state index contributed by atoms with van der Waals surface area (Å²) in [5.74, 6) is 0. The van der Waals surface area contributed by atoms with E-state index in [1.54, 1.807) is 13.0 Å². The lowest BCUT2D eigenvalue weighted by molar-refractivity contribution is 0.213. The van der Waals surface area contributed by atoms with E-state index in [0.717, 1.165) is 6.42 Å². The molecule has 1 aromatic rings. The van der Waals surface area contributed by atoms with Crippen molar-refractivity contribution in [1.82, 2.24) is 4.31 Å². The Morgan fingerprint density at radius 1 is 1.53 bits per heavy atom. The van der Waals surface area contributed by atoms with E-state index >= 15 is 0 Å². The van der Waals surface area contributed by atoms with Crippen LogP contribution >= 0.6 is 0 Å². The summed E-state index contributed by atoms with van der Waals surface area (Å²) in [6, 6.07) is 6.19. The number of hydrogen-bond donors (Lipinski definition) is 1. The number of rotatable bonds is 3. The zero-order chi connectivity index (χ0) is 14.0. The third kappa shape index (κ3) is 2.50. The van der Waals surface area contributed by atoms with Gasteiger partial charge in [0.05, 0.1) is 23.1 Å². The van der Waals surface area contributed by atoms with Crippen LogP contribution in [0.5, 0.6) is 0 Å². The standard InChI is InChI=1S/C13H16N2O3S/c1-10-7-11(8-14)4-5-13(10)19(17,18)15-6-2-3-12(15)9-16/h4-5,7,12,16H,2-3,6,9H2,1H3. The van der Waals surface area contributed by atoms with Crippen LogP contribution in [0, 0.1) is 18.3 Å². The highest BCUT2D eigenvalue weighted by Gasteiger charge is 2.35. The normalized spacial score (nSPS) is 20.4. The number of nitrogens with zero attached hydrogens (tertiary/aromatic N) is 2. The first-order chi connectivity index (χ1) is 9.00. The number of hydrogen-bond acceptors (Lipinski definition) is 4. The summed E-state index contributed by atoms with van der Waals surface area (Å²) in [4.78, 5) is 0.215. The van der Waals surface area contributed by atoms with Gasteiger partial charge in [0.1, 0.15) is 0 Å². The van der Waals surface area contributed by atoms with Crippen LogP contribution in [-0.2, 0) is 10.0 Å². The summed E-state index contributed by atoms with van der Waals surface area (Å²) in [6.07, 6.45) is 1.45. The van der Waals surface area contributed by atoms with E-state index < -0.39 is 10.0 Å². The maximum absolute atomic E-state index is 12.6. The van der Waals surface area contributed by atoms with E-state index in [4.69, 9.17) is 5.26 Å². The van der Waals surface area contributed by atoms with Crippen LogP contribution in [0.4, 0.5) is 0 Å². The van der Waals surface area contributed by atoms with Crippen LogP contribution in [0.2, 0.25) is 0 Å². The first-order valence-electron chi connectivity index (χ1n) is 6.14. The fourth-order valence-electron chi connectivity index (χ4n) is 2.44. The highest BCUT2D eigenvalue weighted by molar-refractivity contribution is 7.89. The molecule has 1 heterocycles. The molecule has 1 atom stereocenters. The average Bonchev–Trinajstić information content (AvgIpc) is 2.87. The summed E-state index contributed by atoms with van der Waals surface area (Å²) in [6.45, 7) is 1.96. The van der Waals surface area contributed by atoms with Crippen LogP contribution in [0.1, 0.15) is 24.0 Å². The van der Waals surface area contributed by atoms with Crippen molar-refractivity contribution in [2.45, 2.75) is 30.7 Å². The maximum Gasteiger partial charge on any atom is 0.243 e. The van der Waals surface area contributed by atoms with E-state index in [9.17, 15) is 13.5 Å². The van der Waals surface area contributed by atoms with Crippen molar-refractivity contribution in [2.75, 3.05) is 13.2 Å². The van der Waals surface area contributed by atoms with E-state index in [1.807, 2.05) is 6.07 Å². The number of aryl methyl sites for hydroxylation is 1. The minimum atomic E-state index is -3.59. The monoisotopic (exact) mass is 280 g/mol. The molecular weight excluding hydrogens is 264 g/mol. The second kappa shape index (κ2) is 5.29. The largest absolute Gasteiger partial charge is 0.395 e. The topological polar surface area (TPSA) is 81.4 Å². The zero-order valence-corrected chi connectivity index (χ0v) is 11.5. The predicted octanol–water partition coefficient (Wildman–Crippen LogP) is 1.01. The van der Waals surface area contributed by atoms with Crippen LogP contribution in [0.15, 0.2) is 23.1 Å². The Balaban J connectivity index is 2.43. The highest BCUT2D eigenvalue weighted by Crippen LogP contribution is 2.27. The van der Waals surface area contributed by atoms with E-state index in [0.29, 0.717) is 24.1 Å². The fourth-order valence-corrected chi connectivity index (χ4v) is 4.34.